The molecule has 152 valence electrons. The molecule has 2 aromatic rings. The van der Waals surface area contributed by atoms with Gasteiger partial charge in [-0.3, -0.25) is 0 Å². The maximum absolute atomic E-state index is 14.5. The van der Waals surface area contributed by atoms with Crippen molar-refractivity contribution in [3.05, 3.63) is 59.4 Å². The zero-order chi connectivity index (χ0) is 19.9. The topological polar surface area (TPSA) is 0 Å². The standard InChI is InChI=1S/C27H37F/c1-4-6-22-11-14-24(20(3)18-22)13-8-21-9-15-25(16-10-21)26-17-12-23(7-5-2)19-27(26)28/h9-10,12,15-17,19-20,22,24H,4-8,11,13-14,18H2,1-3H3. The van der Waals surface area contributed by atoms with Gasteiger partial charge in [0.1, 0.15) is 5.82 Å². The van der Waals surface area contributed by atoms with E-state index >= 15 is 0 Å². The first-order valence-corrected chi connectivity index (χ1v) is 11.5. The molecule has 1 fully saturated rings. The van der Waals surface area contributed by atoms with Crippen molar-refractivity contribution in [1.29, 1.82) is 0 Å². The Hall–Kier alpha value is -1.63. The molecule has 0 aromatic heterocycles. The van der Waals surface area contributed by atoms with E-state index in [0.717, 1.165) is 48.1 Å². The lowest BCUT2D eigenvalue weighted by molar-refractivity contribution is 0.177. The van der Waals surface area contributed by atoms with E-state index in [1.807, 2.05) is 6.07 Å². The van der Waals surface area contributed by atoms with Crippen LogP contribution in [0.25, 0.3) is 11.1 Å². The fourth-order valence-electron chi connectivity index (χ4n) is 5.11. The molecular formula is C27H37F. The smallest absolute Gasteiger partial charge is 0.131 e. The first-order valence-electron chi connectivity index (χ1n) is 11.5. The van der Waals surface area contributed by atoms with Gasteiger partial charge in [0.15, 0.2) is 0 Å². The Morgan fingerprint density at radius 1 is 0.857 bits per heavy atom. The molecule has 0 amide bonds. The highest BCUT2D eigenvalue weighted by Crippen LogP contribution is 2.38. The molecule has 0 saturated heterocycles. The van der Waals surface area contributed by atoms with E-state index in [0.29, 0.717) is 5.56 Å². The van der Waals surface area contributed by atoms with Gasteiger partial charge < -0.3 is 0 Å². The summed E-state index contributed by atoms with van der Waals surface area (Å²) in [6.45, 7) is 6.90. The highest BCUT2D eigenvalue weighted by Gasteiger charge is 2.26. The van der Waals surface area contributed by atoms with Crippen molar-refractivity contribution in [1.82, 2.24) is 0 Å². The lowest BCUT2D eigenvalue weighted by atomic mass is 9.72. The number of hydrogen-bond donors (Lipinski definition) is 0. The first kappa shape index (κ1) is 21.1. The quantitative estimate of drug-likeness (QED) is 0.432. The molecule has 3 unspecified atom stereocenters. The van der Waals surface area contributed by atoms with Crippen LogP contribution in [0.15, 0.2) is 42.5 Å². The van der Waals surface area contributed by atoms with E-state index in [1.165, 1.54) is 44.1 Å². The van der Waals surface area contributed by atoms with Gasteiger partial charge in [-0.05, 0) is 72.6 Å². The minimum Gasteiger partial charge on any atom is -0.206 e. The van der Waals surface area contributed by atoms with Gasteiger partial charge in [0, 0.05) is 5.56 Å². The van der Waals surface area contributed by atoms with Crippen molar-refractivity contribution in [2.24, 2.45) is 17.8 Å². The van der Waals surface area contributed by atoms with Crippen LogP contribution >= 0.6 is 0 Å². The van der Waals surface area contributed by atoms with Gasteiger partial charge in [0.2, 0.25) is 0 Å². The first-order chi connectivity index (χ1) is 13.6. The maximum atomic E-state index is 14.5. The maximum Gasteiger partial charge on any atom is 0.131 e. The molecule has 1 aliphatic carbocycles. The fraction of sp³-hybridized carbons (Fsp3) is 0.556. The van der Waals surface area contributed by atoms with Crippen molar-refractivity contribution in [3.8, 4) is 11.1 Å². The average molecular weight is 381 g/mol. The number of benzene rings is 2. The Bertz CT molecular complexity index is 730. The van der Waals surface area contributed by atoms with Crippen LogP contribution in [0.3, 0.4) is 0 Å². The van der Waals surface area contributed by atoms with Crippen LogP contribution in [0, 0.1) is 23.6 Å². The van der Waals surface area contributed by atoms with E-state index in [-0.39, 0.29) is 5.82 Å². The lowest BCUT2D eigenvalue weighted by Crippen LogP contribution is -2.23. The summed E-state index contributed by atoms with van der Waals surface area (Å²) < 4.78 is 14.5. The minimum atomic E-state index is -0.101. The summed E-state index contributed by atoms with van der Waals surface area (Å²) in [6, 6.07) is 14.3. The number of hydrogen-bond acceptors (Lipinski definition) is 0. The van der Waals surface area contributed by atoms with Gasteiger partial charge in [-0.15, -0.1) is 0 Å². The second kappa shape index (κ2) is 10.2. The summed E-state index contributed by atoms with van der Waals surface area (Å²) in [5, 5.41) is 0. The van der Waals surface area contributed by atoms with Gasteiger partial charge in [-0.25, -0.2) is 4.39 Å². The molecule has 0 aliphatic heterocycles. The predicted octanol–water partition coefficient (Wildman–Crippen LogP) is 8.23. The molecule has 0 heterocycles. The second-order valence-electron chi connectivity index (χ2n) is 9.00. The van der Waals surface area contributed by atoms with Crippen LogP contribution in [0.5, 0.6) is 0 Å². The molecule has 2 aromatic carbocycles. The Labute approximate surface area is 171 Å². The SMILES string of the molecule is CCCc1ccc(-c2ccc(CCC3CCC(CCC)CC3C)cc2)c(F)c1. The van der Waals surface area contributed by atoms with Gasteiger partial charge in [0.25, 0.3) is 0 Å². The van der Waals surface area contributed by atoms with Crippen molar-refractivity contribution in [3.63, 3.8) is 0 Å². The summed E-state index contributed by atoms with van der Waals surface area (Å²) in [5.41, 5.74) is 4.17. The summed E-state index contributed by atoms with van der Waals surface area (Å²) >= 11 is 0. The predicted molar refractivity (Wildman–Crippen MR) is 119 cm³/mol. The van der Waals surface area contributed by atoms with Crippen LogP contribution in [-0.4, -0.2) is 0 Å². The lowest BCUT2D eigenvalue weighted by Gasteiger charge is -2.34. The van der Waals surface area contributed by atoms with Gasteiger partial charge in [0.05, 0.1) is 0 Å². The molecule has 3 atom stereocenters. The number of aryl methyl sites for hydroxylation is 2. The normalized spacial score (nSPS) is 22.4. The molecule has 0 nitrogen and oxygen atoms in total. The monoisotopic (exact) mass is 380 g/mol. The van der Waals surface area contributed by atoms with Crippen LogP contribution in [0.4, 0.5) is 4.39 Å². The molecule has 0 radical (unpaired) electrons. The molecule has 28 heavy (non-hydrogen) atoms. The number of rotatable bonds is 8. The molecule has 1 aliphatic rings. The zero-order valence-electron chi connectivity index (χ0n) is 18.0. The van der Waals surface area contributed by atoms with E-state index in [4.69, 9.17) is 0 Å². The number of halogens is 1. The van der Waals surface area contributed by atoms with Crippen LogP contribution in [0.2, 0.25) is 0 Å². The van der Waals surface area contributed by atoms with E-state index < -0.39 is 0 Å². The Balaban J connectivity index is 1.56. The molecule has 1 saturated carbocycles. The molecule has 0 bridgehead atoms. The summed E-state index contributed by atoms with van der Waals surface area (Å²) in [4.78, 5) is 0. The van der Waals surface area contributed by atoms with E-state index in [9.17, 15) is 4.39 Å². The zero-order valence-corrected chi connectivity index (χ0v) is 18.0. The van der Waals surface area contributed by atoms with Crippen molar-refractivity contribution < 1.29 is 4.39 Å². The highest BCUT2D eigenvalue weighted by atomic mass is 19.1. The highest BCUT2D eigenvalue weighted by molar-refractivity contribution is 5.64. The Morgan fingerprint density at radius 2 is 1.61 bits per heavy atom. The molecule has 0 N–H and O–H groups in total. The van der Waals surface area contributed by atoms with E-state index in [2.05, 4.69) is 51.1 Å². The summed E-state index contributed by atoms with van der Waals surface area (Å²) in [7, 11) is 0. The molecule has 0 spiro atoms. The second-order valence-corrected chi connectivity index (χ2v) is 9.00. The summed E-state index contributed by atoms with van der Waals surface area (Å²) in [5.74, 6) is 2.60. The molecule has 3 rings (SSSR count). The third-order valence-corrected chi connectivity index (χ3v) is 6.79. The van der Waals surface area contributed by atoms with Crippen molar-refractivity contribution in [2.75, 3.05) is 0 Å². The van der Waals surface area contributed by atoms with Crippen LogP contribution in [-0.2, 0) is 12.8 Å². The van der Waals surface area contributed by atoms with Gasteiger partial charge in [-0.1, -0.05) is 82.9 Å². The largest absolute Gasteiger partial charge is 0.206 e. The van der Waals surface area contributed by atoms with Crippen molar-refractivity contribution >= 4 is 0 Å². The summed E-state index contributed by atoms with van der Waals surface area (Å²) in [6.07, 6.45) is 11.4. The molecule has 1 heteroatoms. The van der Waals surface area contributed by atoms with Crippen LogP contribution in [0.1, 0.15) is 76.8 Å². The minimum absolute atomic E-state index is 0.101. The molecular weight excluding hydrogens is 343 g/mol. The van der Waals surface area contributed by atoms with Gasteiger partial charge in [-0.2, -0.15) is 0 Å². The average Bonchev–Trinajstić information content (AvgIpc) is 2.69. The van der Waals surface area contributed by atoms with Crippen molar-refractivity contribution in [2.45, 2.75) is 78.6 Å². The van der Waals surface area contributed by atoms with Crippen LogP contribution < -0.4 is 0 Å². The third kappa shape index (κ3) is 5.46. The fourth-order valence-corrected chi connectivity index (χ4v) is 5.11. The Kier molecular flexibility index (Phi) is 7.71. The van der Waals surface area contributed by atoms with Gasteiger partial charge >= 0.3 is 0 Å². The van der Waals surface area contributed by atoms with E-state index in [1.54, 1.807) is 6.07 Å². The Morgan fingerprint density at radius 3 is 2.25 bits per heavy atom. The third-order valence-electron chi connectivity index (χ3n) is 6.79.